The second-order valence-electron chi connectivity index (χ2n) is 7.75. The van der Waals surface area contributed by atoms with Crippen molar-refractivity contribution in [2.45, 2.75) is 39.7 Å². The van der Waals surface area contributed by atoms with Gasteiger partial charge in [-0.25, -0.2) is 4.68 Å². The summed E-state index contributed by atoms with van der Waals surface area (Å²) in [6.07, 6.45) is 3.57. The number of anilines is 2. The topological polar surface area (TPSA) is 90.3 Å². The van der Waals surface area contributed by atoms with Crippen LogP contribution in [-0.2, 0) is 4.79 Å². The fourth-order valence-corrected chi connectivity index (χ4v) is 3.81. The van der Waals surface area contributed by atoms with Gasteiger partial charge in [0.25, 0.3) is 5.91 Å². The van der Waals surface area contributed by atoms with E-state index in [0.29, 0.717) is 36.2 Å². The standard InChI is InChI=1S/C25H29N5O3/c1-4-6-15-33-19-13-11-18(12-14-19)23-22(17(3)28-25-26-16-27-30(23)25)24(31)29-20-9-7-8-10-21(20)32-5-2/h7-14,16,23H,4-6,15H2,1-3H3,(H,29,31)(H,26,27,28). The van der Waals surface area contributed by atoms with Gasteiger partial charge in [0.2, 0.25) is 5.95 Å². The molecular formula is C25H29N5O3. The van der Waals surface area contributed by atoms with Crippen LogP contribution in [0.25, 0.3) is 0 Å². The van der Waals surface area contributed by atoms with Crippen molar-refractivity contribution in [3.8, 4) is 11.5 Å². The lowest BCUT2D eigenvalue weighted by Crippen LogP contribution is -2.31. The molecule has 33 heavy (non-hydrogen) atoms. The van der Waals surface area contributed by atoms with E-state index in [1.807, 2.05) is 62.4 Å². The smallest absolute Gasteiger partial charge is 0.255 e. The number of unbranched alkanes of at least 4 members (excludes halogenated alkanes) is 1. The van der Waals surface area contributed by atoms with Gasteiger partial charge in [0.15, 0.2) is 0 Å². The summed E-state index contributed by atoms with van der Waals surface area (Å²) in [5, 5.41) is 10.6. The molecule has 8 heteroatoms. The third-order valence-electron chi connectivity index (χ3n) is 5.44. The summed E-state index contributed by atoms with van der Waals surface area (Å²) in [6.45, 7) is 7.11. The number of benzene rings is 2. The molecule has 0 aliphatic carbocycles. The van der Waals surface area contributed by atoms with E-state index < -0.39 is 6.04 Å². The van der Waals surface area contributed by atoms with Crippen molar-refractivity contribution in [2.24, 2.45) is 0 Å². The van der Waals surface area contributed by atoms with Gasteiger partial charge in [-0.2, -0.15) is 10.1 Å². The highest BCUT2D eigenvalue weighted by Gasteiger charge is 2.33. The molecule has 4 rings (SSSR count). The van der Waals surface area contributed by atoms with Crippen molar-refractivity contribution >= 4 is 17.5 Å². The molecule has 8 nitrogen and oxygen atoms in total. The fourth-order valence-electron chi connectivity index (χ4n) is 3.81. The molecular weight excluding hydrogens is 418 g/mol. The van der Waals surface area contributed by atoms with Gasteiger partial charge in [-0.3, -0.25) is 4.79 Å². The van der Waals surface area contributed by atoms with Gasteiger partial charge in [0, 0.05) is 5.70 Å². The van der Waals surface area contributed by atoms with Crippen LogP contribution in [0.4, 0.5) is 11.6 Å². The predicted molar refractivity (Wildman–Crippen MR) is 128 cm³/mol. The lowest BCUT2D eigenvalue weighted by molar-refractivity contribution is -0.113. The maximum atomic E-state index is 13.5. The van der Waals surface area contributed by atoms with Crippen LogP contribution in [0.2, 0.25) is 0 Å². The van der Waals surface area contributed by atoms with Gasteiger partial charge in [-0.1, -0.05) is 37.6 Å². The van der Waals surface area contributed by atoms with Crippen LogP contribution in [0.5, 0.6) is 11.5 Å². The first kappa shape index (κ1) is 22.4. The first-order chi connectivity index (χ1) is 16.1. The Morgan fingerprint density at radius 3 is 2.67 bits per heavy atom. The molecule has 0 saturated heterocycles. The highest BCUT2D eigenvalue weighted by atomic mass is 16.5. The molecule has 172 valence electrons. The van der Waals surface area contributed by atoms with E-state index in [-0.39, 0.29) is 5.91 Å². The molecule has 1 amide bonds. The normalized spacial score (nSPS) is 14.9. The Hall–Kier alpha value is -3.81. The summed E-state index contributed by atoms with van der Waals surface area (Å²) in [5.41, 5.74) is 2.80. The van der Waals surface area contributed by atoms with Crippen molar-refractivity contribution in [1.29, 1.82) is 0 Å². The Morgan fingerprint density at radius 2 is 1.91 bits per heavy atom. The highest BCUT2D eigenvalue weighted by molar-refractivity contribution is 6.06. The zero-order valence-electron chi connectivity index (χ0n) is 19.2. The number of para-hydroxylation sites is 2. The summed E-state index contributed by atoms with van der Waals surface area (Å²) in [4.78, 5) is 17.8. The quantitative estimate of drug-likeness (QED) is 0.459. The Morgan fingerprint density at radius 1 is 1.12 bits per heavy atom. The maximum absolute atomic E-state index is 13.5. The Bertz CT molecular complexity index is 1140. The van der Waals surface area contributed by atoms with Crippen molar-refractivity contribution in [1.82, 2.24) is 14.8 Å². The number of fused-ring (bicyclic) bond motifs is 1. The number of hydrogen-bond acceptors (Lipinski definition) is 6. The van der Waals surface area contributed by atoms with E-state index in [4.69, 9.17) is 9.47 Å². The van der Waals surface area contributed by atoms with Crippen LogP contribution in [0, 0.1) is 0 Å². The number of ether oxygens (including phenoxy) is 2. The molecule has 2 N–H and O–H groups in total. The SMILES string of the molecule is CCCCOc1ccc(C2C(C(=O)Nc3ccccc3OCC)=C(C)Nc3ncnn32)cc1. The number of rotatable bonds is 9. The van der Waals surface area contributed by atoms with Crippen molar-refractivity contribution in [3.63, 3.8) is 0 Å². The van der Waals surface area contributed by atoms with Gasteiger partial charge in [0.1, 0.15) is 23.9 Å². The number of amides is 1. The van der Waals surface area contributed by atoms with Crippen LogP contribution in [-0.4, -0.2) is 33.9 Å². The molecule has 2 heterocycles. The van der Waals surface area contributed by atoms with Gasteiger partial charge in [-0.15, -0.1) is 0 Å². The molecule has 1 unspecified atom stereocenters. The molecule has 0 spiro atoms. The van der Waals surface area contributed by atoms with Crippen LogP contribution in [0.15, 0.2) is 66.1 Å². The van der Waals surface area contributed by atoms with E-state index in [1.54, 1.807) is 4.68 Å². The highest BCUT2D eigenvalue weighted by Crippen LogP contribution is 2.36. The van der Waals surface area contributed by atoms with Gasteiger partial charge < -0.3 is 20.1 Å². The second kappa shape index (κ2) is 10.2. The number of carbonyl (C=O) groups is 1. The zero-order valence-corrected chi connectivity index (χ0v) is 19.2. The average molecular weight is 448 g/mol. The minimum Gasteiger partial charge on any atom is -0.494 e. The Labute approximate surface area is 193 Å². The van der Waals surface area contributed by atoms with Crippen molar-refractivity contribution in [2.75, 3.05) is 23.8 Å². The number of allylic oxidation sites excluding steroid dienone is 1. The molecule has 0 radical (unpaired) electrons. The first-order valence-electron chi connectivity index (χ1n) is 11.3. The Kier molecular flexibility index (Phi) is 6.92. The lowest BCUT2D eigenvalue weighted by atomic mass is 9.95. The molecule has 2 aromatic carbocycles. The van der Waals surface area contributed by atoms with Gasteiger partial charge in [0.05, 0.1) is 24.5 Å². The molecule has 1 atom stereocenters. The van der Waals surface area contributed by atoms with Crippen LogP contribution >= 0.6 is 0 Å². The minimum absolute atomic E-state index is 0.235. The fraction of sp³-hybridized carbons (Fsp3) is 0.320. The average Bonchev–Trinajstić information content (AvgIpc) is 3.28. The molecule has 0 saturated carbocycles. The van der Waals surface area contributed by atoms with Crippen LogP contribution in [0.1, 0.15) is 45.2 Å². The summed E-state index contributed by atoms with van der Waals surface area (Å²) < 4.78 is 13.2. The third-order valence-corrected chi connectivity index (χ3v) is 5.44. The number of aromatic nitrogens is 3. The predicted octanol–water partition coefficient (Wildman–Crippen LogP) is 4.78. The second-order valence-corrected chi connectivity index (χ2v) is 7.75. The van der Waals surface area contributed by atoms with E-state index in [0.717, 1.165) is 29.9 Å². The number of nitrogens with one attached hydrogen (secondary N) is 2. The number of nitrogens with zero attached hydrogens (tertiary/aromatic N) is 3. The number of carbonyl (C=O) groups excluding carboxylic acids is 1. The summed E-state index contributed by atoms with van der Waals surface area (Å²) >= 11 is 0. The monoisotopic (exact) mass is 447 g/mol. The summed E-state index contributed by atoms with van der Waals surface area (Å²) in [6, 6.07) is 14.8. The molecule has 1 aliphatic rings. The number of hydrogen-bond donors (Lipinski definition) is 2. The largest absolute Gasteiger partial charge is 0.494 e. The van der Waals surface area contributed by atoms with Gasteiger partial charge in [-0.05, 0) is 50.1 Å². The van der Waals surface area contributed by atoms with E-state index >= 15 is 0 Å². The summed E-state index contributed by atoms with van der Waals surface area (Å²) in [7, 11) is 0. The van der Waals surface area contributed by atoms with E-state index in [9.17, 15) is 4.79 Å². The lowest BCUT2D eigenvalue weighted by Gasteiger charge is -2.29. The van der Waals surface area contributed by atoms with E-state index in [1.165, 1.54) is 6.33 Å². The molecule has 0 fully saturated rings. The van der Waals surface area contributed by atoms with Crippen molar-refractivity contribution in [3.05, 3.63) is 71.7 Å². The molecule has 0 bridgehead atoms. The maximum Gasteiger partial charge on any atom is 0.255 e. The summed E-state index contributed by atoms with van der Waals surface area (Å²) in [5.74, 6) is 1.79. The zero-order chi connectivity index (χ0) is 23.2. The first-order valence-corrected chi connectivity index (χ1v) is 11.3. The minimum atomic E-state index is -0.437. The van der Waals surface area contributed by atoms with Crippen LogP contribution in [0.3, 0.4) is 0 Å². The van der Waals surface area contributed by atoms with E-state index in [2.05, 4.69) is 27.6 Å². The van der Waals surface area contributed by atoms with Gasteiger partial charge >= 0.3 is 0 Å². The molecule has 3 aromatic rings. The molecule has 1 aromatic heterocycles. The van der Waals surface area contributed by atoms with Crippen LogP contribution < -0.4 is 20.1 Å². The van der Waals surface area contributed by atoms with Crippen molar-refractivity contribution < 1.29 is 14.3 Å². The molecule has 1 aliphatic heterocycles. The Balaban J connectivity index is 1.65. The third kappa shape index (κ3) is 4.84.